The Kier molecular flexibility index (Phi) is 4.98. The van der Waals surface area contributed by atoms with Crippen LogP contribution in [0.5, 0.6) is 0 Å². The quantitative estimate of drug-likeness (QED) is 0.812. The van der Waals surface area contributed by atoms with Gasteiger partial charge in [0.05, 0.1) is 6.54 Å². The molecule has 0 radical (unpaired) electrons. The van der Waals surface area contributed by atoms with Crippen molar-refractivity contribution < 1.29 is 4.79 Å². The van der Waals surface area contributed by atoms with Crippen LogP contribution in [0.2, 0.25) is 0 Å². The van der Waals surface area contributed by atoms with E-state index >= 15 is 0 Å². The summed E-state index contributed by atoms with van der Waals surface area (Å²) in [7, 11) is 4.15. The number of nitrogens with two attached hydrogens (primary N) is 1. The monoisotopic (exact) mass is 276 g/mol. The molecule has 1 aromatic carbocycles. The molecule has 0 bridgehead atoms. The molecule has 1 aliphatic heterocycles. The number of likely N-dealkylation sites (tertiary alicyclic amines) is 1. The number of hydrogen-bond donors (Lipinski definition) is 2. The first kappa shape index (κ1) is 14.8. The highest BCUT2D eigenvalue weighted by Crippen LogP contribution is 2.14. The number of carbonyl (C=O) groups excluding carboxylic acids is 1. The summed E-state index contributed by atoms with van der Waals surface area (Å²) in [5.41, 5.74) is 7.11. The van der Waals surface area contributed by atoms with Crippen molar-refractivity contribution in [2.75, 3.05) is 44.8 Å². The fourth-order valence-corrected chi connectivity index (χ4v) is 2.67. The third kappa shape index (κ3) is 4.21. The Morgan fingerprint density at radius 3 is 3.05 bits per heavy atom. The molecule has 3 N–H and O–H groups in total. The SMILES string of the molecule is CN1CCCC(N(C)CC(=O)Nc2cccc(N)c2)C1. The molecular formula is C15H24N4O. The maximum Gasteiger partial charge on any atom is 0.238 e. The van der Waals surface area contributed by atoms with Crippen LogP contribution in [0.25, 0.3) is 0 Å². The van der Waals surface area contributed by atoms with Gasteiger partial charge >= 0.3 is 0 Å². The van der Waals surface area contributed by atoms with Crippen molar-refractivity contribution in [2.45, 2.75) is 18.9 Å². The number of nitrogen functional groups attached to an aromatic ring is 1. The minimum Gasteiger partial charge on any atom is -0.399 e. The number of piperidine rings is 1. The minimum absolute atomic E-state index is 0.00586. The molecule has 110 valence electrons. The van der Waals surface area contributed by atoms with Gasteiger partial charge in [-0.25, -0.2) is 0 Å². The van der Waals surface area contributed by atoms with Gasteiger partial charge in [0, 0.05) is 24.0 Å². The topological polar surface area (TPSA) is 61.6 Å². The Bertz CT molecular complexity index is 463. The van der Waals surface area contributed by atoms with Crippen LogP contribution in [0.3, 0.4) is 0 Å². The van der Waals surface area contributed by atoms with Crippen LogP contribution in [-0.4, -0.2) is 55.5 Å². The first-order valence-electron chi connectivity index (χ1n) is 7.09. The van der Waals surface area contributed by atoms with Gasteiger partial charge in [-0.15, -0.1) is 0 Å². The molecular weight excluding hydrogens is 252 g/mol. The van der Waals surface area contributed by atoms with Crippen molar-refractivity contribution in [1.29, 1.82) is 0 Å². The van der Waals surface area contributed by atoms with Gasteiger partial charge in [-0.05, 0) is 51.7 Å². The average molecular weight is 276 g/mol. The lowest BCUT2D eigenvalue weighted by molar-refractivity contribution is -0.117. The van der Waals surface area contributed by atoms with E-state index in [9.17, 15) is 4.79 Å². The number of anilines is 2. The minimum atomic E-state index is 0.00586. The lowest BCUT2D eigenvalue weighted by Crippen LogP contribution is -2.47. The van der Waals surface area contributed by atoms with Gasteiger partial charge in [0.25, 0.3) is 0 Å². The van der Waals surface area contributed by atoms with E-state index in [4.69, 9.17) is 5.73 Å². The van der Waals surface area contributed by atoms with Gasteiger partial charge in [0.1, 0.15) is 0 Å². The van der Waals surface area contributed by atoms with Gasteiger partial charge in [0.15, 0.2) is 0 Å². The molecule has 0 saturated carbocycles. The summed E-state index contributed by atoms with van der Waals surface area (Å²) in [6, 6.07) is 7.72. The Balaban J connectivity index is 1.84. The van der Waals surface area contributed by atoms with Crippen molar-refractivity contribution >= 4 is 17.3 Å². The molecule has 5 nitrogen and oxygen atoms in total. The van der Waals surface area contributed by atoms with Gasteiger partial charge < -0.3 is 16.0 Å². The van der Waals surface area contributed by atoms with E-state index in [0.29, 0.717) is 18.3 Å². The summed E-state index contributed by atoms with van der Waals surface area (Å²) in [5, 5.41) is 2.89. The molecule has 2 rings (SSSR count). The molecule has 1 heterocycles. The highest BCUT2D eigenvalue weighted by atomic mass is 16.2. The van der Waals surface area contributed by atoms with Crippen molar-refractivity contribution in [3.8, 4) is 0 Å². The molecule has 1 atom stereocenters. The van der Waals surface area contributed by atoms with Crippen molar-refractivity contribution in [3.05, 3.63) is 24.3 Å². The molecule has 1 unspecified atom stereocenters. The largest absolute Gasteiger partial charge is 0.399 e. The van der Waals surface area contributed by atoms with Crippen molar-refractivity contribution in [2.24, 2.45) is 0 Å². The third-order valence-corrected chi connectivity index (χ3v) is 3.79. The van der Waals surface area contributed by atoms with Gasteiger partial charge in [-0.3, -0.25) is 9.69 Å². The van der Waals surface area contributed by atoms with Crippen LogP contribution >= 0.6 is 0 Å². The lowest BCUT2D eigenvalue weighted by Gasteiger charge is -2.35. The van der Waals surface area contributed by atoms with Crippen molar-refractivity contribution in [3.63, 3.8) is 0 Å². The Labute approximate surface area is 120 Å². The normalized spacial score (nSPS) is 20.1. The lowest BCUT2D eigenvalue weighted by atomic mass is 10.1. The predicted molar refractivity (Wildman–Crippen MR) is 82.6 cm³/mol. The number of likely N-dealkylation sites (N-methyl/N-ethyl adjacent to an activating group) is 2. The Morgan fingerprint density at radius 1 is 1.55 bits per heavy atom. The van der Waals surface area contributed by atoms with Crippen LogP contribution in [0.15, 0.2) is 24.3 Å². The zero-order chi connectivity index (χ0) is 14.5. The van der Waals surface area contributed by atoms with Gasteiger partial charge in [-0.1, -0.05) is 6.07 Å². The second kappa shape index (κ2) is 6.72. The summed E-state index contributed by atoms with van der Waals surface area (Å²) in [4.78, 5) is 16.5. The number of carbonyl (C=O) groups is 1. The van der Waals surface area contributed by atoms with E-state index in [2.05, 4.69) is 22.2 Å². The second-order valence-electron chi connectivity index (χ2n) is 5.65. The summed E-state index contributed by atoms with van der Waals surface area (Å²) < 4.78 is 0. The Hall–Kier alpha value is -1.59. The zero-order valence-corrected chi connectivity index (χ0v) is 12.3. The highest BCUT2D eigenvalue weighted by Gasteiger charge is 2.22. The van der Waals surface area contributed by atoms with E-state index < -0.39 is 0 Å². The summed E-state index contributed by atoms with van der Waals surface area (Å²) in [5.74, 6) is 0.00586. The van der Waals surface area contributed by atoms with E-state index in [-0.39, 0.29) is 5.91 Å². The number of rotatable bonds is 4. The van der Waals surface area contributed by atoms with Gasteiger partial charge in [-0.2, -0.15) is 0 Å². The first-order valence-corrected chi connectivity index (χ1v) is 7.09. The zero-order valence-electron chi connectivity index (χ0n) is 12.3. The highest BCUT2D eigenvalue weighted by molar-refractivity contribution is 5.92. The van der Waals surface area contributed by atoms with Crippen LogP contribution in [0.1, 0.15) is 12.8 Å². The van der Waals surface area contributed by atoms with E-state index in [1.807, 2.05) is 19.2 Å². The molecule has 1 amide bonds. The first-order chi connectivity index (χ1) is 9.54. The molecule has 5 heteroatoms. The van der Waals surface area contributed by atoms with E-state index in [1.165, 1.54) is 6.42 Å². The maximum absolute atomic E-state index is 12.1. The second-order valence-corrected chi connectivity index (χ2v) is 5.65. The number of nitrogens with zero attached hydrogens (tertiary/aromatic N) is 2. The molecule has 20 heavy (non-hydrogen) atoms. The molecule has 0 spiro atoms. The smallest absolute Gasteiger partial charge is 0.238 e. The number of amides is 1. The standard InChI is InChI=1S/C15H24N4O/c1-18-8-4-7-14(10-18)19(2)11-15(20)17-13-6-3-5-12(16)9-13/h3,5-6,9,14H,4,7-8,10-11,16H2,1-2H3,(H,17,20). The third-order valence-electron chi connectivity index (χ3n) is 3.79. The van der Waals surface area contributed by atoms with E-state index in [1.54, 1.807) is 12.1 Å². The van der Waals surface area contributed by atoms with Crippen LogP contribution in [0.4, 0.5) is 11.4 Å². The molecule has 0 aromatic heterocycles. The van der Waals surface area contributed by atoms with Crippen molar-refractivity contribution in [1.82, 2.24) is 9.80 Å². The number of nitrogens with one attached hydrogen (secondary N) is 1. The summed E-state index contributed by atoms with van der Waals surface area (Å²) in [6.45, 7) is 2.59. The fourth-order valence-electron chi connectivity index (χ4n) is 2.67. The summed E-state index contributed by atoms with van der Waals surface area (Å²) in [6.07, 6.45) is 2.36. The van der Waals surface area contributed by atoms with Gasteiger partial charge in [0.2, 0.25) is 5.91 Å². The summed E-state index contributed by atoms with van der Waals surface area (Å²) >= 11 is 0. The maximum atomic E-state index is 12.1. The number of benzene rings is 1. The van der Waals surface area contributed by atoms with Crippen LogP contribution in [0, 0.1) is 0 Å². The average Bonchev–Trinajstić information content (AvgIpc) is 2.38. The Morgan fingerprint density at radius 2 is 2.35 bits per heavy atom. The van der Waals surface area contributed by atoms with Crippen LogP contribution < -0.4 is 11.1 Å². The molecule has 1 saturated heterocycles. The van der Waals surface area contributed by atoms with E-state index in [0.717, 1.165) is 25.2 Å². The molecule has 1 fully saturated rings. The molecule has 1 aromatic rings. The predicted octanol–water partition coefficient (Wildman–Crippen LogP) is 1.23. The van der Waals surface area contributed by atoms with Crippen LogP contribution in [-0.2, 0) is 4.79 Å². The number of hydrogen-bond acceptors (Lipinski definition) is 4. The fraction of sp³-hybridized carbons (Fsp3) is 0.533. The molecule has 0 aliphatic carbocycles. The molecule has 1 aliphatic rings.